The summed E-state index contributed by atoms with van der Waals surface area (Å²) >= 11 is 0. The van der Waals surface area contributed by atoms with Gasteiger partial charge in [0.2, 0.25) is 17.8 Å². The van der Waals surface area contributed by atoms with Gasteiger partial charge in [-0.05, 0) is 24.3 Å². The van der Waals surface area contributed by atoms with Gasteiger partial charge in [-0.1, -0.05) is 5.16 Å². The lowest BCUT2D eigenvalue weighted by Crippen LogP contribution is -2.22. The van der Waals surface area contributed by atoms with Gasteiger partial charge in [0.25, 0.3) is 0 Å². The molecule has 0 N–H and O–H groups in total. The molecule has 0 saturated carbocycles. The van der Waals surface area contributed by atoms with Gasteiger partial charge in [0.15, 0.2) is 6.61 Å². The van der Waals surface area contributed by atoms with Crippen LogP contribution in [0.1, 0.15) is 28.5 Å². The SMILES string of the molecule is Cc1nc(COc2ccc(C(=O)OC3CCOC3=O)cc2)no1. The number of carbonyl (C=O) groups excluding carboxylic acids is 2. The quantitative estimate of drug-likeness (QED) is 0.763. The van der Waals surface area contributed by atoms with Crippen LogP contribution in [-0.4, -0.2) is 34.8 Å². The number of cyclic esters (lactones) is 1. The monoisotopic (exact) mass is 318 g/mol. The van der Waals surface area contributed by atoms with Gasteiger partial charge in [-0.2, -0.15) is 4.98 Å². The van der Waals surface area contributed by atoms with Gasteiger partial charge in [-0.3, -0.25) is 0 Å². The van der Waals surface area contributed by atoms with Crippen LogP contribution in [0, 0.1) is 6.92 Å². The van der Waals surface area contributed by atoms with E-state index in [-0.39, 0.29) is 13.2 Å². The van der Waals surface area contributed by atoms with Gasteiger partial charge in [0, 0.05) is 13.3 Å². The summed E-state index contributed by atoms with van der Waals surface area (Å²) in [5.74, 6) is 0.366. The molecule has 1 saturated heterocycles. The summed E-state index contributed by atoms with van der Waals surface area (Å²) < 4.78 is 20.2. The lowest BCUT2D eigenvalue weighted by atomic mass is 10.2. The first-order valence-electron chi connectivity index (χ1n) is 7.01. The van der Waals surface area contributed by atoms with Gasteiger partial charge in [-0.25, -0.2) is 9.59 Å². The first kappa shape index (κ1) is 15.0. The maximum absolute atomic E-state index is 11.9. The third kappa shape index (κ3) is 3.65. The highest BCUT2D eigenvalue weighted by molar-refractivity contribution is 5.91. The summed E-state index contributed by atoms with van der Waals surface area (Å²) in [6.45, 7) is 2.13. The van der Waals surface area contributed by atoms with Crippen LogP contribution in [0.3, 0.4) is 0 Å². The average Bonchev–Trinajstić information content (AvgIpc) is 3.14. The van der Waals surface area contributed by atoms with Crippen LogP contribution in [0.4, 0.5) is 0 Å². The number of esters is 2. The zero-order chi connectivity index (χ0) is 16.2. The Morgan fingerprint density at radius 3 is 2.74 bits per heavy atom. The third-order valence-electron chi connectivity index (χ3n) is 3.16. The minimum atomic E-state index is -0.820. The normalized spacial score (nSPS) is 16.9. The van der Waals surface area contributed by atoms with Crippen LogP contribution >= 0.6 is 0 Å². The molecule has 8 heteroatoms. The molecule has 1 atom stereocenters. The molecule has 0 radical (unpaired) electrons. The fraction of sp³-hybridized carbons (Fsp3) is 0.333. The van der Waals surface area contributed by atoms with Crippen LogP contribution in [-0.2, 0) is 20.9 Å². The Balaban J connectivity index is 1.55. The van der Waals surface area contributed by atoms with Crippen molar-refractivity contribution in [2.45, 2.75) is 26.1 Å². The standard InChI is InChI=1S/C15H14N2O6/c1-9-16-13(17-23-9)8-21-11-4-2-10(3-5-11)14(18)22-12-6-7-20-15(12)19/h2-5,12H,6-8H2,1H3. The molecule has 23 heavy (non-hydrogen) atoms. The molecule has 1 fully saturated rings. The van der Waals surface area contributed by atoms with Gasteiger partial charge >= 0.3 is 11.9 Å². The van der Waals surface area contributed by atoms with E-state index < -0.39 is 18.0 Å². The first-order valence-corrected chi connectivity index (χ1v) is 7.01. The summed E-state index contributed by atoms with van der Waals surface area (Å²) in [4.78, 5) is 27.2. The molecule has 0 bridgehead atoms. The molecule has 8 nitrogen and oxygen atoms in total. The van der Waals surface area contributed by atoms with Crippen molar-refractivity contribution in [1.82, 2.24) is 10.1 Å². The minimum absolute atomic E-state index is 0.162. The molecule has 1 aromatic carbocycles. The number of nitrogens with zero attached hydrogens (tertiary/aromatic N) is 2. The molecule has 1 aliphatic heterocycles. The van der Waals surface area contributed by atoms with E-state index in [4.69, 9.17) is 18.7 Å². The predicted molar refractivity (Wildman–Crippen MR) is 74.6 cm³/mol. The summed E-state index contributed by atoms with van der Waals surface area (Å²) in [7, 11) is 0. The highest BCUT2D eigenvalue weighted by Gasteiger charge is 2.30. The van der Waals surface area contributed by atoms with Crippen LogP contribution in [0.5, 0.6) is 5.75 Å². The summed E-state index contributed by atoms with van der Waals surface area (Å²) in [5, 5.41) is 3.71. The lowest BCUT2D eigenvalue weighted by molar-refractivity contribution is -0.145. The van der Waals surface area contributed by atoms with Crippen molar-refractivity contribution in [3.8, 4) is 5.75 Å². The maximum Gasteiger partial charge on any atom is 0.347 e. The van der Waals surface area contributed by atoms with E-state index in [0.717, 1.165) is 0 Å². The van der Waals surface area contributed by atoms with Gasteiger partial charge in [0.05, 0.1) is 12.2 Å². The molecule has 3 rings (SSSR count). The molecule has 1 aromatic heterocycles. The number of benzene rings is 1. The van der Waals surface area contributed by atoms with E-state index >= 15 is 0 Å². The predicted octanol–water partition coefficient (Wildman–Crippen LogP) is 1.43. The van der Waals surface area contributed by atoms with E-state index in [0.29, 0.717) is 29.4 Å². The number of hydrogen-bond acceptors (Lipinski definition) is 8. The third-order valence-corrected chi connectivity index (χ3v) is 3.16. The molecule has 2 heterocycles. The lowest BCUT2D eigenvalue weighted by Gasteiger charge is -2.09. The Bertz CT molecular complexity index is 709. The fourth-order valence-corrected chi connectivity index (χ4v) is 2.02. The van der Waals surface area contributed by atoms with Crippen molar-refractivity contribution in [1.29, 1.82) is 0 Å². The Labute approximate surface area is 131 Å². The van der Waals surface area contributed by atoms with Crippen molar-refractivity contribution >= 4 is 11.9 Å². The minimum Gasteiger partial charge on any atom is -0.485 e. The molecular formula is C15H14N2O6. The van der Waals surface area contributed by atoms with Crippen molar-refractivity contribution < 1.29 is 28.3 Å². The van der Waals surface area contributed by atoms with Crippen molar-refractivity contribution in [2.75, 3.05) is 6.61 Å². The van der Waals surface area contributed by atoms with Crippen LogP contribution in [0.25, 0.3) is 0 Å². The van der Waals surface area contributed by atoms with E-state index in [9.17, 15) is 9.59 Å². The van der Waals surface area contributed by atoms with E-state index in [1.165, 1.54) is 0 Å². The molecule has 0 amide bonds. The van der Waals surface area contributed by atoms with Crippen LogP contribution in [0.15, 0.2) is 28.8 Å². The molecule has 120 valence electrons. The summed E-state index contributed by atoms with van der Waals surface area (Å²) in [6, 6.07) is 6.35. The van der Waals surface area contributed by atoms with Gasteiger partial charge < -0.3 is 18.7 Å². The van der Waals surface area contributed by atoms with E-state index in [2.05, 4.69) is 10.1 Å². The second-order valence-electron chi connectivity index (χ2n) is 4.89. The smallest absolute Gasteiger partial charge is 0.347 e. The maximum atomic E-state index is 11.9. The Morgan fingerprint density at radius 1 is 1.35 bits per heavy atom. The van der Waals surface area contributed by atoms with Crippen molar-refractivity contribution in [3.05, 3.63) is 41.5 Å². The Kier molecular flexibility index (Phi) is 4.22. The largest absolute Gasteiger partial charge is 0.485 e. The number of hydrogen-bond donors (Lipinski definition) is 0. The zero-order valence-electron chi connectivity index (χ0n) is 12.4. The zero-order valence-corrected chi connectivity index (χ0v) is 12.4. The highest BCUT2D eigenvalue weighted by Crippen LogP contribution is 2.17. The second-order valence-corrected chi connectivity index (χ2v) is 4.89. The topological polar surface area (TPSA) is 101 Å². The molecule has 2 aromatic rings. The number of aryl methyl sites for hydroxylation is 1. The first-order chi connectivity index (χ1) is 11.1. The molecular weight excluding hydrogens is 304 g/mol. The summed E-state index contributed by atoms with van der Waals surface area (Å²) in [6.07, 6.45) is -0.435. The van der Waals surface area contributed by atoms with E-state index in [1.807, 2.05) is 0 Å². The van der Waals surface area contributed by atoms with Gasteiger partial charge in [0.1, 0.15) is 5.75 Å². The number of rotatable bonds is 5. The Hall–Kier alpha value is -2.90. The molecule has 1 unspecified atom stereocenters. The van der Waals surface area contributed by atoms with Crippen molar-refractivity contribution in [3.63, 3.8) is 0 Å². The number of ether oxygens (including phenoxy) is 3. The molecule has 0 aliphatic carbocycles. The van der Waals surface area contributed by atoms with Gasteiger partial charge in [-0.15, -0.1) is 0 Å². The Morgan fingerprint density at radius 2 is 2.13 bits per heavy atom. The second kappa shape index (κ2) is 6.47. The average molecular weight is 318 g/mol. The van der Waals surface area contributed by atoms with Crippen LogP contribution in [0.2, 0.25) is 0 Å². The van der Waals surface area contributed by atoms with Crippen molar-refractivity contribution in [2.24, 2.45) is 0 Å². The van der Waals surface area contributed by atoms with E-state index in [1.54, 1.807) is 31.2 Å². The highest BCUT2D eigenvalue weighted by atomic mass is 16.6. The summed E-state index contributed by atoms with van der Waals surface area (Å²) in [5.41, 5.74) is 0.326. The number of carbonyl (C=O) groups is 2. The number of aromatic nitrogens is 2. The molecule has 1 aliphatic rings. The molecule has 0 spiro atoms. The fourth-order valence-electron chi connectivity index (χ4n) is 2.02. The van der Waals surface area contributed by atoms with Crippen LogP contribution < -0.4 is 4.74 Å².